The summed E-state index contributed by atoms with van der Waals surface area (Å²) in [5.41, 5.74) is 5.39. The molecule has 0 saturated heterocycles. The van der Waals surface area contributed by atoms with Crippen LogP contribution in [0.4, 0.5) is 5.69 Å². The summed E-state index contributed by atoms with van der Waals surface area (Å²) in [6.07, 6.45) is 0. The molecular formula is C18H18N2O. The maximum atomic E-state index is 11.7. The number of rotatable bonds is 3. The number of aromatic nitrogens is 1. The Morgan fingerprint density at radius 3 is 2.67 bits per heavy atom. The minimum Gasteiger partial charge on any atom is -0.381 e. The van der Waals surface area contributed by atoms with Crippen LogP contribution in [0.3, 0.4) is 0 Å². The van der Waals surface area contributed by atoms with Gasteiger partial charge in [-0.1, -0.05) is 35.9 Å². The summed E-state index contributed by atoms with van der Waals surface area (Å²) in [5, 5.41) is 4.50. The first-order chi connectivity index (χ1) is 10.1. The highest BCUT2D eigenvalue weighted by molar-refractivity contribution is 5.82. The van der Waals surface area contributed by atoms with Gasteiger partial charge in [-0.15, -0.1) is 0 Å². The number of H-pyrrole nitrogens is 1. The number of para-hydroxylation sites is 1. The number of aromatic amines is 1. The van der Waals surface area contributed by atoms with Crippen LogP contribution in [-0.2, 0) is 6.54 Å². The molecule has 0 saturated carbocycles. The van der Waals surface area contributed by atoms with E-state index in [0.717, 1.165) is 22.2 Å². The van der Waals surface area contributed by atoms with Crippen LogP contribution in [0.1, 0.15) is 16.7 Å². The Hall–Kier alpha value is -2.55. The quantitative estimate of drug-likeness (QED) is 0.766. The molecule has 0 spiro atoms. The second kappa shape index (κ2) is 5.44. The van der Waals surface area contributed by atoms with E-state index in [1.807, 2.05) is 24.3 Å². The topological polar surface area (TPSA) is 44.9 Å². The summed E-state index contributed by atoms with van der Waals surface area (Å²) in [5.74, 6) is 0. The molecule has 3 aromatic rings. The largest absolute Gasteiger partial charge is 0.381 e. The molecule has 0 aliphatic rings. The van der Waals surface area contributed by atoms with Gasteiger partial charge in [0.2, 0.25) is 5.56 Å². The lowest BCUT2D eigenvalue weighted by Gasteiger charge is -2.12. The monoisotopic (exact) mass is 278 g/mol. The molecule has 0 radical (unpaired) electrons. The maximum absolute atomic E-state index is 11.7. The molecule has 1 heterocycles. The van der Waals surface area contributed by atoms with E-state index >= 15 is 0 Å². The van der Waals surface area contributed by atoms with E-state index in [1.54, 1.807) is 6.07 Å². The maximum Gasteiger partial charge on any atom is 0.248 e. The summed E-state index contributed by atoms with van der Waals surface area (Å²) in [6, 6.07) is 15.9. The third kappa shape index (κ3) is 2.82. The molecule has 3 rings (SSSR count). The van der Waals surface area contributed by atoms with Crippen molar-refractivity contribution in [3.8, 4) is 0 Å². The fraction of sp³-hybridized carbons (Fsp3) is 0.167. The van der Waals surface area contributed by atoms with E-state index in [2.05, 4.69) is 42.3 Å². The van der Waals surface area contributed by atoms with Crippen molar-refractivity contribution in [2.45, 2.75) is 20.4 Å². The Morgan fingerprint density at radius 1 is 1.05 bits per heavy atom. The van der Waals surface area contributed by atoms with Crippen molar-refractivity contribution in [1.82, 2.24) is 4.98 Å². The van der Waals surface area contributed by atoms with Crippen LogP contribution in [0.15, 0.2) is 53.3 Å². The van der Waals surface area contributed by atoms with E-state index in [1.165, 1.54) is 11.1 Å². The predicted molar refractivity (Wildman–Crippen MR) is 87.8 cm³/mol. The first kappa shape index (κ1) is 13.4. The molecular weight excluding hydrogens is 260 g/mol. The second-order valence-electron chi connectivity index (χ2n) is 5.38. The molecule has 21 heavy (non-hydrogen) atoms. The summed E-state index contributed by atoms with van der Waals surface area (Å²) in [7, 11) is 0. The van der Waals surface area contributed by atoms with E-state index in [9.17, 15) is 4.79 Å². The third-order valence-electron chi connectivity index (χ3n) is 3.69. The fourth-order valence-electron chi connectivity index (χ4n) is 2.63. The van der Waals surface area contributed by atoms with Crippen LogP contribution in [-0.4, -0.2) is 4.98 Å². The van der Waals surface area contributed by atoms with Crippen LogP contribution < -0.4 is 10.9 Å². The Balaban J connectivity index is 1.93. The number of benzene rings is 2. The van der Waals surface area contributed by atoms with Gasteiger partial charge >= 0.3 is 0 Å². The molecule has 106 valence electrons. The van der Waals surface area contributed by atoms with Gasteiger partial charge in [0.05, 0.1) is 0 Å². The van der Waals surface area contributed by atoms with Gasteiger partial charge in [0, 0.05) is 29.2 Å². The number of pyridine rings is 1. The van der Waals surface area contributed by atoms with Crippen molar-refractivity contribution in [1.29, 1.82) is 0 Å². The first-order valence-corrected chi connectivity index (χ1v) is 7.05. The number of hydrogen-bond acceptors (Lipinski definition) is 2. The van der Waals surface area contributed by atoms with Gasteiger partial charge in [0.1, 0.15) is 0 Å². The molecule has 0 aliphatic carbocycles. The van der Waals surface area contributed by atoms with Crippen molar-refractivity contribution in [2.24, 2.45) is 0 Å². The average molecular weight is 278 g/mol. The number of fused-ring (bicyclic) bond motifs is 1. The Labute approximate surface area is 123 Å². The van der Waals surface area contributed by atoms with E-state index in [-0.39, 0.29) is 5.56 Å². The predicted octanol–water partition coefficient (Wildman–Crippen LogP) is 3.76. The zero-order valence-electron chi connectivity index (χ0n) is 12.2. The smallest absolute Gasteiger partial charge is 0.248 e. The minimum absolute atomic E-state index is 0.0638. The second-order valence-corrected chi connectivity index (χ2v) is 5.38. The van der Waals surface area contributed by atoms with Crippen LogP contribution in [0.25, 0.3) is 10.9 Å². The summed E-state index contributed by atoms with van der Waals surface area (Å²) < 4.78 is 0. The third-order valence-corrected chi connectivity index (χ3v) is 3.69. The van der Waals surface area contributed by atoms with E-state index in [0.29, 0.717) is 6.54 Å². The number of anilines is 1. The zero-order chi connectivity index (χ0) is 14.8. The summed E-state index contributed by atoms with van der Waals surface area (Å²) in [4.78, 5) is 14.6. The Kier molecular flexibility index (Phi) is 3.48. The van der Waals surface area contributed by atoms with E-state index < -0.39 is 0 Å². The van der Waals surface area contributed by atoms with Crippen molar-refractivity contribution in [2.75, 3.05) is 5.32 Å². The Morgan fingerprint density at radius 2 is 1.86 bits per heavy atom. The van der Waals surface area contributed by atoms with Crippen molar-refractivity contribution in [3.63, 3.8) is 0 Å². The summed E-state index contributed by atoms with van der Waals surface area (Å²) >= 11 is 0. The lowest BCUT2D eigenvalue weighted by Crippen LogP contribution is -2.09. The van der Waals surface area contributed by atoms with Gasteiger partial charge in [0.25, 0.3) is 0 Å². The minimum atomic E-state index is -0.0638. The molecule has 3 heteroatoms. The van der Waals surface area contributed by atoms with Gasteiger partial charge in [-0.3, -0.25) is 4.79 Å². The van der Waals surface area contributed by atoms with Gasteiger partial charge in [0.15, 0.2) is 0 Å². The van der Waals surface area contributed by atoms with Crippen molar-refractivity contribution >= 4 is 16.6 Å². The van der Waals surface area contributed by atoms with Crippen LogP contribution in [0, 0.1) is 13.8 Å². The molecule has 0 fully saturated rings. The highest BCUT2D eigenvalue weighted by Crippen LogP contribution is 2.19. The fourth-order valence-corrected chi connectivity index (χ4v) is 2.63. The normalized spacial score (nSPS) is 10.8. The molecule has 0 unspecified atom stereocenters. The highest BCUT2D eigenvalue weighted by Gasteiger charge is 2.04. The van der Waals surface area contributed by atoms with Crippen molar-refractivity contribution < 1.29 is 0 Å². The number of hydrogen-bond donors (Lipinski definition) is 2. The first-order valence-electron chi connectivity index (χ1n) is 7.05. The molecule has 2 aromatic carbocycles. The molecule has 0 bridgehead atoms. The molecule has 0 amide bonds. The van der Waals surface area contributed by atoms with Crippen LogP contribution in [0.5, 0.6) is 0 Å². The lowest BCUT2D eigenvalue weighted by molar-refractivity contribution is 1.13. The molecule has 2 N–H and O–H groups in total. The molecule has 0 aliphatic heterocycles. The zero-order valence-corrected chi connectivity index (χ0v) is 12.2. The Bertz CT molecular complexity index is 849. The number of nitrogens with one attached hydrogen (secondary N) is 2. The molecule has 0 atom stereocenters. The van der Waals surface area contributed by atoms with Gasteiger partial charge in [-0.05, 0) is 37.1 Å². The van der Waals surface area contributed by atoms with Gasteiger partial charge in [-0.2, -0.15) is 0 Å². The van der Waals surface area contributed by atoms with Gasteiger partial charge < -0.3 is 10.3 Å². The SMILES string of the molecule is Cc1ccc(NCc2cc(=O)[nH]c3ccccc23)c(C)c1. The van der Waals surface area contributed by atoms with E-state index in [4.69, 9.17) is 0 Å². The standard InChI is InChI=1S/C18H18N2O/c1-12-7-8-16(13(2)9-12)19-11-14-10-18(21)20-17-6-4-3-5-15(14)17/h3-10,19H,11H2,1-2H3,(H,20,21). The van der Waals surface area contributed by atoms with Crippen LogP contribution >= 0.6 is 0 Å². The molecule has 1 aromatic heterocycles. The molecule has 3 nitrogen and oxygen atoms in total. The average Bonchev–Trinajstić information content (AvgIpc) is 2.46. The number of aryl methyl sites for hydroxylation is 2. The van der Waals surface area contributed by atoms with Crippen molar-refractivity contribution in [3.05, 3.63) is 75.6 Å². The van der Waals surface area contributed by atoms with Gasteiger partial charge in [-0.25, -0.2) is 0 Å². The summed E-state index contributed by atoms with van der Waals surface area (Å²) in [6.45, 7) is 4.81. The van der Waals surface area contributed by atoms with Crippen LogP contribution in [0.2, 0.25) is 0 Å². The lowest BCUT2D eigenvalue weighted by atomic mass is 10.1. The highest BCUT2D eigenvalue weighted by atomic mass is 16.1.